The van der Waals surface area contributed by atoms with Crippen LogP contribution in [0, 0.1) is 0 Å². The zero-order chi connectivity index (χ0) is 19.3. The van der Waals surface area contributed by atoms with Gasteiger partial charge in [0, 0.05) is 33.6 Å². The van der Waals surface area contributed by atoms with Crippen LogP contribution in [0.1, 0.15) is 24.2 Å². The Balaban J connectivity index is 2.05. The number of para-hydroxylation sites is 2. The molecule has 0 aliphatic heterocycles. The van der Waals surface area contributed by atoms with Crippen LogP contribution >= 0.6 is 0 Å². The fourth-order valence-corrected chi connectivity index (χ4v) is 4.18. The molecule has 4 nitrogen and oxygen atoms in total. The molecule has 28 heavy (non-hydrogen) atoms. The molecule has 2 aromatic heterocycles. The highest BCUT2D eigenvalue weighted by atomic mass is 16.5. The Labute approximate surface area is 162 Å². The Kier molecular flexibility index (Phi) is 3.79. The number of carbonyl (C=O) groups is 1. The van der Waals surface area contributed by atoms with Crippen LogP contribution < -0.4 is 0 Å². The van der Waals surface area contributed by atoms with E-state index in [4.69, 9.17) is 9.72 Å². The highest BCUT2D eigenvalue weighted by molar-refractivity contribution is 6.24. The van der Waals surface area contributed by atoms with Gasteiger partial charge < -0.3 is 9.30 Å². The zero-order valence-electron chi connectivity index (χ0n) is 15.9. The number of aryl methyl sites for hydroxylation is 1. The monoisotopic (exact) mass is 368 g/mol. The number of rotatable bonds is 3. The van der Waals surface area contributed by atoms with Crippen molar-refractivity contribution in [2.75, 3.05) is 6.61 Å². The first-order valence-electron chi connectivity index (χ1n) is 9.63. The van der Waals surface area contributed by atoms with Crippen molar-refractivity contribution >= 4 is 49.6 Å². The smallest absolute Gasteiger partial charge is 0.338 e. The van der Waals surface area contributed by atoms with Gasteiger partial charge in [-0.2, -0.15) is 0 Å². The number of esters is 1. The summed E-state index contributed by atoms with van der Waals surface area (Å²) in [4.78, 5) is 17.8. The lowest BCUT2D eigenvalue weighted by Crippen LogP contribution is -2.06. The highest BCUT2D eigenvalue weighted by Crippen LogP contribution is 2.37. The van der Waals surface area contributed by atoms with E-state index in [1.807, 2.05) is 49.4 Å². The van der Waals surface area contributed by atoms with Gasteiger partial charge in [-0.05, 0) is 38.1 Å². The van der Waals surface area contributed by atoms with Gasteiger partial charge in [-0.3, -0.25) is 0 Å². The predicted molar refractivity (Wildman–Crippen MR) is 114 cm³/mol. The summed E-state index contributed by atoms with van der Waals surface area (Å²) in [6.07, 6.45) is 0. The number of carbonyl (C=O) groups excluding carboxylic acids is 1. The fourth-order valence-electron chi connectivity index (χ4n) is 4.18. The molecule has 0 aliphatic rings. The summed E-state index contributed by atoms with van der Waals surface area (Å²) in [6.45, 7) is 5.09. The molecule has 3 aromatic carbocycles. The molecule has 0 aliphatic carbocycles. The normalized spacial score (nSPS) is 11.6. The van der Waals surface area contributed by atoms with E-state index >= 15 is 0 Å². The van der Waals surface area contributed by atoms with Gasteiger partial charge in [-0.1, -0.05) is 36.4 Å². The van der Waals surface area contributed by atoms with E-state index in [2.05, 4.69) is 29.7 Å². The number of nitrogens with zero attached hydrogens (tertiary/aromatic N) is 2. The molecule has 0 saturated carbocycles. The molecule has 2 heterocycles. The largest absolute Gasteiger partial charge is 0.462 e. The molecule has 0 saturated heterocycles. The molecule has 0 unspecified atom stereocenters. The second-order valence-electron chi connectivity index (χ2n) is 6.88. The van der Waals surface area contributed by atoms with Crippen molar-refractivity contribution in [3.05, 3.63) is 66.2 Å². The average molecular weight is 368 g/mol. The first-order valence-corrected chi connectivity index (χ1v) is 9.63. The van der Waals surface area contributed by atoms with Crippen LogP contribution in [0.5, 0.6) is 0 Å². The van der Waals surface area contributed by atoms with Crippen molar-refractivity contribution in [1.29, 1.82) is 0 Å². The molecule has 0 fully saturated rings. The average Bonchev–Trinajstić information content (AvgIpc) is 3.06. The van der Waals surface area contributed by atoms with E-state index in [1.54, 1.807) is 0 Å². The minimum atomic E-state index is -0.290. The van der Waals surface area contributed by atoms with Crippen LogP contribution in [0.15, 0.2) is 60.7 Å². The van der Waals surface area contributed by atoms with Gasteiger partial charge >= 0.3 is 5.97 Å². The molecule has 0 amide bonds. The van der Waals surface area contributed by atoms with E-state index in [0.717, 1.165) is 50.2 Å². The molecule has 0 radical (unpaired) electrons. The molecule has 0 bridgehead atoms. The topological polar surface area (TPSA) is 44.1 Å². The van der Waals surface area contributed by atoms with Crippen molar-refractivity contribution in [2.45, 2.75) is 20.4 Å². The lowest BCUT2D eigenvalue weighted by Gasteiger charge is -2.10. The van der Waals surface area contributed by atoms with Crippen molar-refractivity contribution in [1.82, 2.24) is 9.55 Å². The van der Waals surface area contributed by atoms with Gasteiger partial charge in [0.15, 0.2) is 0 Å². The molecular weight excluding hydrogens is 348 g/mol. The van der Waals surface area contributed by atoms with Crippen molar-refractivity contribution in [2.24, 2.45) is 0 Å². The maximum absolute atomic E-state index is 12.9. The summed E-state index contributed by atoms with van der Waals surface area (Å²) in [5, 5.41) is 3.99. The standard InChI is InChI=1S/C24H20N2O2/c1-3-26-20-12-8-6-10-17(20)21-18(24(27)28-4-2)14-16-13-15-9-5-7-11-19(15)25-22(16)23(21)26/h5-14H,3-4H2,1-2H3. The molecule has 138 valence electrons. The van der Waals surface area contributed by atoms with Gasteiger partial charge in [-0.15, -0.1) is 0 Å². The fraction of sp³-hybridized carbons (Fsp3) is 0.167. The molecule has 0 spiro atoms. The molecular formula is C24H20N2O2. The molecule has 0 N–H and O–H groups in total. The van der Waals surface area contributed by atoms with Crippen molar-refractivity contribution in [3.63, 3.8) is 0 Å². The number of pyridine rings is 1. The Morgan fingerprint density at radius 1 is 1.00 bits per heavy atom. The first-order chi connectivity index (χ1) is 13.7. The van der Waals surface area contributed by atoms with Gasteiger partial charge in [0.25, 0.3) is 0 Å². The second-order valence-corrected chi connectivity index (χ2v) is 6.88. The summed E-state index contributed by atoms with van der Waals surface area (Å²) in [5.74, 6) is -0.290. The third-order valence-corrected chi connectivity index (χ3v) is 5.33. The zero-order valence-corrected chi connectivity index (χ0v) is 15.9. The van der Waals surface area contributed by atoms with Gasteiger partial charge in [0.1, 0.15) is 0 Å². The Morgan fingerprint density at radius 2 is 1.79 bits per heavy atom. The first kappa shape index (κ1) is 16.8. The minimum absolute atomic E-state index is 0.290. The van der Waals surface area contributed by atoms with Crippen molar-refractivity contribution in [3.8, 4) is 0 Å². The Hall–Kier alpha value is -3.40. The van der Waals surface area contributed by atoms with E-state index in [0.29, 0.717) is 12.2 Å². The number of hydrogen-bond acceptors (Lipinski definition) is 3. The molecule has 0 atom stereocenters. The van der Waals surface area contributed by atoms with Gasteiger partial charge in [-0.25, -0.2) is 9.78 Å². The van der Waals surface area contributed by atoms with E-state index in [1.165, 1.54) is 0 Å². The molecule has 4 heteroatoms. The molecule has 5 rings (SSSR count). The maximum atomic E-state index is 12.9. The van der Waals surface area contributed by atoms with E-state index < -0.39 is 0 Å². The summed E-state index contributed by atoms with van der Waals surface area (Å²) >= 11 is 0. The van der Waals surface area contributed by atoms with Gasteiger partial charge in [0.05, 0.1) is 28.7 Å². The van der Waals surface area contributed by atoms with E-state index in [9.17, 15) is 4.79 Å². The number of ether oxygens (including phenoxy) is 1. The van der Waals surface area contributed by atoms with Crippen LogP contribution in [-0.4, -0.2) is 22.1 Å². The highest BCUT2D eigenvalue weighted by Gasteiger charge is 2.21. The summed E-state index contributed by atoms with van der Waals surface area (Å²) in [6, 6.07) is 20.3. The van der Waals surface area contributed by atoms with Crippen molar-refractivity contribution < 1.29 is 9.53 Å². The SMILES string of the molecule is CCOC(=O)c1cc2cc3ccccc3nc2c2c1c1ccccc1n2CC. The summed E-state index contributed by atoms with van der Waals surface area (Å²) in [5.41, 5.74) is 4.57. The summed E-state index contributed by atoms with van der Waals surface area (Å²) < 4.78 is 7.64. The van der Waals surface area contributed by atoms with Crippen LogP contribution in [0.3, 0.4) is 0 Å². The van der Waals surface area contributed by atoms with Gasteiger partial charge in [0.2, 0.25) is 0 Å². The maximum Gasteiger partial charge on any atom is 0.338 e. The van der Waals surface area contributed by atoms with Crippen LogP contribution in [0.25, 0.3) is 43.6 Å². The minimum Gasteiger partial charge on any atom is -0.462 e. The number of hydrogen-bond donors (Lipinski definition) is 0. The Morgan fingerprint density at radius 3 is 2.61 bits per heavy atom. The van der Waals surface area contributed by atoms with Crippen LogP contribution in [-0.2, 0) is 11.3 Å². The lowest BCUT2D eigenvalue weighted by atomic mass is 10.0. The lowest BCUT2D eigenvalue weighted by molar-refractivity contribution is 0.0529. The Bertz CT molecular complexity index is 1380. The number of fused-ring (bicyclic) bond motifs is 6. The van der Waals surface area contributed by atoms with E-state index in [-0.39, 0.29) is 5.97 Å². The second kappa shape index (κ2) is 6.34. The quantitative estimate of drug-likeness (QED) is 0.303. The summed E-state index contributed by atoms with van der Waals surface area (Å²) in [7, 11) is 0. The van der Waals surface area contributed by atoms with Crippen LogP contribution in [0.4, 0.5) is 0 Å². The third kappa shape index (κ3) is 2.31. The predicted octanol–water partition coefficient (Wildman–Crippen LogP) is 5.69. The number of benzene rings is 3. The third-order valence-electron chi connectivity index (χ3n) is 5.33. The van der Waals surface area contributed by atoms with Crippen LogP contribution in [0.2, 0.25) is 0 Å². The molecule has 5 aromatic rings. The number of aromatic nitrogens is 2.